The lowest BCUT2D eigenvalue weighted by Gasteiger charge is -2.12. The van der Waals surface area contributed by atoms with Crippen LogP contribution < -0.4 is 11.1 Å². The van der Waals surface area contributed by atoms with Gasteiger partial charge >= 0.3 is 0 Å². The van der Waals surface area contributed by atoms with E-state index < -0.39 is 17.5 Å². The van der Waals surface area contributed by atoms with Crippen molar-refractivity contribution in [3.63, 3.8) is 0 Å². The van der Waals surface area contributed by atoms with Gasteiger partial charge in [-0.1, -0.05) is 23.2 Å². The summed E-state index contributed by atoms with van der Waals surface area (Å²) in [6.07, 6.45) is 0. The summed E-state index contributed by atoms with van der Waals surface area (Å²) < 4.78 is 39.4. The van der Waals surface area contributed by atoms with Crippen molar-refractivity contribution >= 4 is 40.3 Å². The van der Waals surface area contributed by atoms with Crippen LogP contribution in [0.1, 0.15) is 0 Å². The highest BCUT2D eigenvalue weighted by Crippen LogP contribution is 2.36. The van der Waals surface area contributed by atoms with Crippen LogP contribution in [0.5, 0.6) is 0 Å². The molecule has 0 atom stereocenters. The molecule has 7 heteroatoms. The Morgan fingerprint density at radius 3 is 2.11 bits per heavy atom. The van der Waals surface area contributed by atoms with Crippen molar-refractivity contribution in [3.05, 3.63) is 51.8 Å². The summed E-state index contributed by atoms with van der Waals surface area (Å²) in [6, 6.07) is 4.62. The molecular formula is C12H7Cl2F3N2. The van der Waals surface area contributed by atoms with Crippen molar-refractivity contribution < 1.29 is 13.2 Å². The first-order valence-electron chi connectivity index (χ1n) is 5.05. The van der Waals surface area contributed by atoms with Crippen LogP contribution >= 0.6 is 23.2 Å². The SMILES string of the molecule is Nc1cc(Cl)c(Nc2ccc(F)c(F)c2F)c(Cl)c1. The van der Waals surface area contributed by atoms with E-state index in [1.54, 1.807) is 0 Å². The highest BCUT2D eigenvalue weighted by molar-refractivity contribution is 6.39. The first-order chi connectivity index (χ1) is 8.90. The molecular weight excluding hydrogens is 300 g/mol. The van der Waals surface area contributed by atoms with Gasteiger partial charge < -0.3 is 11.1 Å². The van der Waals surface area contributed by atoms with Crippen LogP contribution in [0.3, 0.4) is 0 Å². The quantitative estimate of drug-likeness (QED) is 0.621. The predicted molar refractivity (Wildman–Crippen MR) is 70.5 cm³/mol. The van der Waals surface area contributed by atoms with Crippen molar-refractivity contribution in [2.45, 2.75) is 0 Å². The van der Waals surface area contributed by atoms with Gasteiger partial charge in [-0.05, 0) is 24.3 Å². The van der Waals surface area contributed by atoms with E-state index in [0.717, 1.165) is 12.1 Å². The van der Waals surface area contributed by atoms with Crippen LogP contribution in [0.15, 0.2) is 24.3 Å². The highest BCUT2D eigenvalue weighted by atomic mass is 35.5. The van der Waals surface area contributed by atoms with E-state index in [-0.39, 0.29) is 21.4 Å². The van der Waals surface area contributed by atoms with Crippen molar-refractivity contribution in [1.82, 2.24) is 0 Å². The Kier molecular flexibility index (Phi) is 3.78. The molecule has 0 aliphatic rings. The minimum atomic E-state index is -1.58. The average molecular weight is 307 g/mol. The van der Waals surface area contributed by atoms with E-state index in [0.29, 0.717) is 5.69 Å². The van der Waals surface area contributed by atoms with Crippen molar-refractivity contribution in [3.8, 4) is 0 Å². The number of hydrogen-bond donors (Lipinski definition) is 2. The molecule has 2 aromatic rings. The second-order valence-electron chi connectivity index (χ2n) is 3.71. The number of halogens is 5. The summed E-state index contributed by atoms with van der Waals surface area (Å²) in [4.78, 5) is 0. The third kappa shape index (κ3) is 2.72. The van der Waals surface area contributed by atoms with Gasteiger partial charge in [0.25, 0.3) is 0 Å². The molecule has 0 aromatic heterocycles. The van der Waals surface area contributed by atoms with Gasteiger partial charge in [0.2, 0.25) is 0 Å². The zero-order chi connectivity index (χ0) is 14.2. The summed E-state index contributed by atoms with van der Waals surface area (Å²) >= 11 is 11.8. The average Bonchev–Trinajstić information content (AvgIpc) is 2.33. The first-order valence-corrected chi connectivity index (χ1v) is 5.80. The van der Waals surface area contributed by atoms with Gasteiger partial charge in [-0.15, -0.1) is 0 Å². The molecule has 2 aromatic carbocycles. The lowest BCUT2D eigenvalue weighted by molar-refractivity contribution is 0.449. The number of hydrogen-bond acceptors (Lipinski definition) is 2. The van der Waals surface area contributed by atoms with Crippen LogP contribution in [0, 0.1) is 17.5 Å². The first kappa shape index (κ1) is 13.8. The smallest absolute Gasteiger partial charge is 0.196 e. The number of anilines is 3. The van der Waals surface area contributed by atoms with E-state index in [2.05, 4.69) is 5.32 Å². The summed E-state index contributed by atoms with van der Waals surface area (Å²) in [5.74, 6) is -4.21. The zero-order valence-corrected chi connectivity index (χ0v) is 10.8. The van der Waals surface area contributed by atoms with E-state index in [1.165, 1.54) is 12.1 Å². The monoisotopic (exact) mass is 306 g/mol. The largest absolute Gasteiger partial charge is 0.399 e. The molecule has 0 aliphatic heterocycles. The van der Waals surface area contributed by atoms with Crippen LogP contribution in [0.25, 0.3) is 0 Å². The van der Waals surface area contributed by atoms with Crippen molar-refractivity contribution in [2.24, 2.45) is 0 Å². The van der Waals surface area contributed by atoms with Crippen molar-refractivity contribution in [1.29, 1.82) is 0 Å². The summed E-state index contributed by atoms with van der Waals surface area (Å²) in [5.41, 5.74) is 5.71. The number of benzene rings is 2. The Hall–Kier alpha value is -1.59. The van der Waals surface area contributed by atoms with Gasteiger partial charge in [0.15, 0.2) is 17.5 Å². The van der Waals surface area contributed by atoms with Gasteiger partial charge in [-0.3, -0.25) is 0 Å². The molecule has 0 unspecified atom stereocenters. The van der Waals surface area contributed by atoms with Crippen molar-refractivity contribution in [2.75, 3.05) is 11.1 Å². The van der Waals surface area contributed by atoms with Gasteiger partial charge in [0.1, 0.15) is 0 Å². The van der Waals surface area contributed by atoms with Gasteiger partial charge in [0.05, 0.1) is 21.4 Å². The van der Waals surface area contributed by atoms with Gasteiger partial charge in [-0.2, -0.15) is 0 Å². The molecule has 0 fully saturated rings. The zero-order valence-electron chi connectivity index (χ0n) is 9.28. The minimum Gasteiger partial charge on any atom is -0.399 e. The lowest BCUT2D eigenvalue weighted by atomic mass is 10.2. The van der Waals surface area contributed by atoms with Crippen LogP contribution in [-0.2, 0) is 0 Å². The fraction of sp³-hybridized carbons (Fsp3) is 0. The molecule has 0 aliphatic carbocycles. The number of nitrogen functional groups attached to an aromatic ring is 1. The molecule has 0 bridgehead atoms. The molecule has 0 radical (unpaired) electrons. The van der Waals surface area contributed by atoms with E-state index in [1.807, 2.05) is 0 Å². The minimum absolute atomic E-state index is 0.133. The topological polar surface area (TPSA) is 38.0 Å². The maximum absolute atomic E-state index is 13.5. The fourth-order valence-corrected chi connectivity index (χ4v) is 2.07. The van der Waals surface area contributed by atoms with E-state index in [4.69, 9.17) is 28.9 Å². The molecule has 0 spiro atoms. The Bertz CT molecular complexity index is 624. The summed E-state index contributed by atoms with van der Waals surface area (Å²) in [5, 5.41) is 2.77. The normalized spacial score (nSPS) is 10.6. The highest BCUT2D eigenvalue weighted by Gasteiger charge is 2.15. The summed E-state index contributed by atoms with van der Waals surface area (Å²) in [7, 11) is 0. The second-order valence-corrected chi connectivity index (χ2v) is 4.52. The van der Waals surface area contributed by atoms with E-state index >= 15 is 0 Å². The maximum Gasteiger partial charge on any atom is 0.196 e. The standard InChI is InChI=1S/C12H7Cl2F3N2/c13-6-3-5(18)4-7(14)12(6)19-9-2-1-8(15)10(16)11(9)17/h1-4,19H,18H2. The molecule has 2 rings (SSSR count). The van der Waals surface area contributed by atoms with Gasteiger partial charge in [0, 0.05) is 5.69 Å². The summed E-state index contributed by atoms with van der Waals surface area (Å²) in [6.45, 7) is 0. The molecule has 2 nitrogen and oxygen atoms in total. The molecule has 0 heterocycles. The van der Waals surface area contributed by atoms with Crippen LogP contribution in [-0.4, -0.2) is 0 Å². The molecule has 0 saturated carbocycles. The third-order valence-electron chi connectivity index (χ3n) is 2.36. The molecule has 3 N–H and O–H groups in total. The Labute approximate surface area is 116 Å². The maximum atomic E-state index is 13.5. The van der Waals surface area contributed by atoms with E-state index in [9.17, 15) is 13.2 Å². The fourth-order valence-electron chi connectivity index (χ4n) is 1.47. The molecule has 100 valence electrons. The van der Waals surface area contributed by atoms with Crippen LogP contribution in [0.4, 0.5) is 30.2 Å². The Morgan fingerprint density at radius 1 is 0.947 bits per heavy atom. The predicted octanol–water partition coefficient (Wildman–Crippen LogP) is 4.74. The molecule has 0 saturated heterocycles. The Balaban J connectivity index is 2.45. The number of rotatable bonds is 2. The lowest BCUT2D eigenvalue weighted by Crippen LogP contribution is -2.00. The van der Waals surface area contributed by atoms with Gasteiger partial charge in [-0.25, -0.2) is 13.2 Å². The molecule has 19 heavy (non-hydrogen) atoms. The van der Waals surface area contributed by atoms with Crippen LogP contribution in [0.2, 0.25) is 10.0 Å². The second kappa shape index (κ2) is 5.19. The molecule has 0 amide bonds. The Morgan fingerprint density at radius 2 is 1.53 bits per heavy atom. The number of nitrogens with two attached hydrogens (primary N) is 1. The number of nitrogens with one attached hydrogen (secondary N) is 1. The third-order valence-corrected chi connectivity index (χ3v) is 2.96.